The molecular weight excluding hydrogens is 418 g/mol. The largest absolute Gasteiger partial charge is 0.391 e. The molecule has 2 aliphatic heterocycles. The number of aromatic nitrogens is 4. The number of fused-ring (bicyclic) bond motifs is 1. The maximum Gasteiger partial charge on any atom is 0.274 e. The fourth-order valence-electron chi connectivity index (χ4n) is 4.67. The summed E-state index contributed by atoms with van der Waals surface area (Å²) in [5, 5.41) is 20.7. The molecule has 1 aromatic carbocycles. The van der Waals surface area contributed by atoms with Gasteiger partial charge in [-0.15, -0.1) is 0 Å². The summed E-state index contributed by atoms with van der Waals surface area (Å²) in [4.78, 5) is 21.6. The fraction of sp³-hybridized carbons (Fsp3) is 0.417. The highest BCUT2D eigenvalue weighted by atomic mass is 16.3. The Morgan fingerprint density at radius 1 is 1.30 bits per heavy atom. The van der Waals surface area contributed by atoms with E-state index in [9.17, 15) is 9.90 Å². The molecule has 0 saturated carbocycles. The third-order valence-corrected chi connectivity index (χ3v) is 6.42. The number of aliphatic hydroxyl groups is 1. The molecule has 0 aliphatic carbocycles. The number of amides is 1. The lowest BCUT2D eigenvalue weighted by molar-refractivity contribution is 0.0751. The van der Waals surface area contributed by atoms with Crippen LogP contribution in [-0.4, -0.2) is 56.0 Å². The van der Waals surface area contributed by atoms with Crippen molar-refractivity contribution in [3.63, 3.8) is 0 Å². The number of rotatable bonds is 4. The molecule has 0 radical (unpaired) electrons. The van der Waals surface area contributed by atoms with Crippen molar-refractivity contribution in [3.8, 4) is 22.4 Å². The van der Waals surface area contributed by atoms with E-state index in [1.807, 2.05) is 24.4 Å². The van der Waals surface area contributed by atoms with Crippen LogP contribution in [0.3, 0.4) is 0 Å². The number of anilines is 1. The molecule has 1 fully saturated rings. The van der Waals surface area contributed by atoms with Crippen molar-refractivity contribution in [1.82, 2.24) is 30.4 Å². The summed E-state index contributed by atoms with van der Waals surface area (Å²) >= 11 is 0. The van der Waals surface area contributed by atoms with E-state index < -0.39 is 18.1 Å². The van der Waals surface area contributed by atoms with Crippen molar-refractivity contribution < 1.29 is 9.90 Å². The Hall–Kier alpha value is -3.30. The van der Waals surface area contributed by atoms with Gasteiger partial charge in [-0.25, -0.2) is 9.97 Å². The Kier molecular flexibility index (Phi) is 5.38. The molecule has 9 heteroatoms. The third-order valence-electron chi connectivity index (χ3n) is 6.42. The van der Waals surface area contributed by atoms with E-state index in [0.717, 1.165) is 36.2 Å². The Morgan fingerprint density at radius 2 is 2.12 bits per heavy atom. The normalized spacial score (nSPS) is 21.5. The van der Waals surface area contributed by atoms with Crippen molar-refractivity contribution in [2.45, 2.75) is 45.4 Å². The fourth-order valence-corrected chi connectivity index (χ4v) is 4.67. The monoisotopic (exact) mass is 447 g/mol. The predicted octanol–water partition coefficient (Wildman–Crippen LogP) is 1.62. The van der Waals surface area contributed by atoms with Crippen LogP contribution < -0.4 is 16.4 Å². The number of hydrogen-bond donors (Lipinski definition) is 4. The minimum absolute atomic E-state index is 0.0577. The van der Waals surface area contributed by atoms with Crippen LogP contribution in [0.15, 0.2) is 36.7 Å². The zero-order valence-electron chi connectivity index (χ0n) is 18.9. The number of aliphatic hydroxyl groups excluding tert-OH is 1. The molecule has 1 unspecified atom stereocenters. The van der Waals surface area contributed by atoms with Gasteiger partial charge in [0.05, 0.1) is 30.2 Å². The molecule has 1 saturated heterocycles. The Labute approximate surface area is 192 Å². The summed E-state index contributed by atoms with van der Waals surface area (Å²) in [7, 11) is 0. The van der Waals surface area contributed by atoms with Crippen LogP contribution in [-0.2, 0) is 13.0 Å². The van der Waals surface area contributed by atoms with Gasteiger partial charge in [0.15, 0.2) is 11.5 Å². The molecule has 5 rings (SSSR count). The van der Waals surface area contributed by atoms with Gasteiger partial charge in [-0.3, -0.25) is 9.48 Å². The van der Waals surface area contributed by atoms with E-state index in [0.29, 0.717) is 18.7 Å². The van der Waals surface area contributed by atoms with Gasteiger partial charge in [-0.2, -0.15) is 5.10 Å². The number of piperidine rings is 1. The van der Waals surface area contributed by atoms with Gasteiger partial charge in [0, 0.05) is 29.9 Å². The molecule has 0 bridgehead atoms. The van der Waals surface area contributed by atoms with Gasteiger partial charge in [0.25, 0.3) is 5.91 Å². The number of nitrogen functional groups attached to an aromatic ring is 1. The van der Waals surface area contributed by atoms with E-state index in [1.54, 1.807) is 6.20 Å². The first-order valence-corrected chi connectivity index (χ1v) is 11.3. The molecule has 9 nitrogen and oxygen atoms in total. The lowest BCUT2D eigenvalue weighted by Crippen LogP contribution is -2.53. The number of hydrogen-bond acceptors (Lipinski definition) is 7. The quantitative estimate of drug-likeness (QED) is 0.478. The molecule has 1 amide bonds. The molecule has 3 aromatic rings. The summed E-state index contributed by atoms with van der Waals surface area (Å²) in [6.45, 7) is 6.63. The molecule has 2 aliphatic rings. The van der Waals surface area contributed by atoms with Crippen molar-refractivity contribution in [2.24, 2.45) is 5.41 Å². The van der Waals surface area contributed by atoms with Crippen molar-refractivity contribution in [2.75, 3.05) is 18.8 Å². The zero-order chi connectivity index (χ0) is 23.2. The second kappa shape index (κ2) is 8.24. The highest BCUT2D eigenvalue weighted by Gasteiger charge is 2.31. The van der Waals surface area contributed by atoms with Crippen molar-refractivity contribution in [1.29, 1.82) is 0 Å². The Morgan fingerprint density at radius 3 is 2.94 bits per heavy atom. The lowest BCUT2D eigenvalue weighted by Gasteiger charge is -2.29. The first-order chi connectivity index (χ1) is 15.8. The van der Waals surface area contributed by atoms with Crippen LogP contribution in [0.25, 0.3) is 22.4 Å². The molecule has 2 atom stereocenters. The van der Waals surface area contributed by atoms with E-state index >= 15 is 0 Å². The number of nitrogens with two attached hydrogens (primary N) is 1. The molecule has 5 N–H and O–H groups in total. The van der Waals surface area contributed by atoms with Gasteiger partial charge in [-0.1, -0.05) is 32.0 Å². The van der Waals surface area contributed by atoms with Crippen LogP contribution in [0.4, 0.5) is 5.82 Å². The van der Waals surface area contributed by atoms with Crippen LogP contribution in [0, 0.1) is 5.41 Å². The SMILES string of the molecule is CC1(C)Cc2c(-c3cccc(-c4cnc(N)c(C(=O)NC5CNCC[C@H]5O)n4)c3)cnn2C1. The number of nitrogens with zero attached hydrogens (tertiary/aromatic N) is 4. The van der Waals surface area contributed by atoms with E-state index in [4.69, 9.17) is 5.73 Å². The van der Waals surface area contributed by atoms with Crippen LogP contribution >= 0.6 is 0 Å². The summed E-state index contributed by atoms with van der Waals surface area (Å²) in [5.74, 6) is -0.384. The van der Waals surface area contributed by atoms with Crippen molar-refractivity contribution in [3.05, 3.63) is 48.0 Å². The standard InChI is InChI=1S/C24H29N7O2/c1-24(2)9-19-16(10-28-31(19)13-24)14-4-3-5-15(8-14)17-12-27-22(25)21(29-17)23(33)30-18-11-26-7-6-20(18)32/h3-5,8,10,12,18,20,26,32H,6-7,9,11,13H2,1-2H3,(H2,25,27)(H,30,33)/t18?,20-/m1/s1. The average Bonchev–Trinajstić information content (AvgIpc) is 3.30. The summed E-state index contributed by atoms with van der Waals surface area (Å²) < 4.78 is 2.09. The first kappa shape index (κ1) is 21.5. The number of nitrogens with one attached hydrogen (secondary N) is 2. The third kappa shape index (κ3) is 4.21. The Balaban J connectivity index is 1.43. The second-order valence-corrected chi connectivity index (χ2v) is 9.71. The van der Waals surface area contributed by atoms with Crippen molar-refractivity contribution >= 4 is 11.7 Å². The van der Waals surface area contributed by atoms with Crippen LogP contribution in [0.5, 0.6) is 0 Å². The van der Waals surface area contributed by atoms with E-state index in [-0.39, 0.29) is 16.9 Å². The smallest absolute Gasteiger partial charge is 0.274 e. The van der Waals surface area contributed by atoms with Gasteiger partial charge in [-0.05, 0) is 36.4 Å². The van der Waals surface area contributed by atoms with E-state index in [1.165, 1.54) is 5.69 Å². The topological polar surface area (TPSA) is 131 Å². The molecule has 2 aromatic heterocycles. The number of carbonyl (C=O) groups is 1. The lowest BCUT2D eigenvalue weighted by atomic mass is 9.89. The maximum absolute atomic E-state index is 12.9. The average molecular weight is 448 g/mol. The second-order valence-electron chi connectivity index (χ2n) is 9.71. The number of benzene rings is 1. The zero-order valence-corrected chi connectivity index (χ0v) is 18.9. The number of carbonyl (C=O) groups excluding carboxylic acids is 1. The minimum Gasteiger partial charge on any atom is -0.391 e. The van der Waals surface area contributed by atoms with Crippen LogP contribution in [0.2, 0.25) is 0 Å². The molecule has 0 spiro atoms. The van der Waals surface area contributed by atoms with E-state index in [2.05, 4.69) is 50.3 Å². The van der Waals surface area contributed by atoms with Gasteiger partial charge < -0.3 is 21.5 Å². The molecule has 4 heterocycles. The van der Waals surface area contributed by atoms with Gasteiger partial charge in [0.2, 0.25) is 0 Å². The maximum atomic E-state index is 12.9. The Bertz CT molecular complexity index is 1200. The summed E-state index contributed by atoms with van der Waals surface area (Å²) in [6, 6.07) is 7.61. The highest BCUT2D eigenvalue weighted by molar-refractivity contribution is 5.97. The molecular formula is C24H29N7O2. The van der Waals surface area contributed by atoms with Gasteiger partial charge >= 0.3 is 0 Å². The minimum atomic E-state index is -0.605. The van der Waals surface area contributed by atoms with Crippen LogP contribution in [0.1, 0.15) is 36.5 Å². The van der Waals surface area contributed by atoms with Gasteiger partial charge in [0.1, 0.15) is 0 Å². The summed E-state index contributed by atoms with van der Waals surface area (Å²) in [6.07, 6.45) is 4.44. The highest BCUT2D eigenvalue weighted by Crippen LogP contribution is 2.37. The first-order valence-electron chi connectivity index (χ1n) is 11.3. The predicted molar refractivity (Wildman–Crippen MR) is 125 cm³/mol. The summed E-state index contributed by atoms with van der Waals surface area (Å²) in [5.41, 5.74) is 11.0. The molecule has 33 heavy (non-hydrogen) atoms. The molecule has 172 valence electrons.